The number of hydrogen-bond acceptors (Lipinski definition) is 4. The molecule has 2 aliphatic heterocycles. The number of fused-ring (bicyclic) bond motifs is 1. The largest absolute Gasteiger partial charge is 0.408 e. The molecule has 1 unspecified atom stereocenters. The molecule has 3 rings (SSSR count). The Morgan fingerprint density at radius 2 is 2.03 bits per heavy atom. The topological polar surface area (TPSA) is 93.8 Å². The third-order valence-corrected chi connectivity index (χ3v) is 5.72. The normalized spacial score (nSPS) is 19.0. The van der Waals surface area contributed by atoms with Gasteiger partial charge in [0.05, 0.1) is 6.54 Å². The first-order chi connectivity index (χ1) is 15.2. The molecule has 8 nitrogen and oxygen atoms in total. The molecule has 0 aromatic heterocycles. The Labute approximate surface area is 184 Å². The zero-order valence-electron chi connectivity index (χ0n) is 17.9. The first-order valence-corrected chi connectivity index (χ1v) is 10.7. The lowest BCUT2D eigenvalue weighted by Gasteiger charge is -2.26. The maximum absolute atomic E-state index is 13.0. The first-order valence-electron chi connectivity index (χ1n) is 10.7. The van der Waals surface area contributed by atoms with Gasteiger partial charge in [-0.15, -0.1) is 0 Å². The molecule has 0 aliphatic carbocycles. The zero-order valence-corrected chi connectivity index (χ0v) is 17.9. The van der Waals surface area contributed by atoms with Crippen LogP contribution in [0.25, 0.3) is 0 Å². The third kappa shape index (κ3) is 5.83. The highest BCUT2D eigenvalue weighted by Crippen LogP contribution is 2.32. The van der Waals surface area contributed by atoms with Crippen molar-refractivity contribution in [2.24, 2.45) is 0 Å². The van der Waals surface area contributed by atoms with Gasteiger partial charge in [-0.25, -0.2) is 4.79 Å². The molecule has 1 fully saturated rings. The Bertz CT molecular complexity index is 862. The van der Waals surface area contributed by atoms with Gasteiger partial charge in [0.25, 0.3) is 0 Å². The molecule has 1 aromatic rings. The number of amides is 4. The number of carbonyl (C=O) groups excluding carboxylic acids is 3. The second-order valence-electron chi connectivity index (χ2n) is 7.90. The van der Waals surface area contributed by atoms with Crippen molar-refractivity contribution in [2.45, 2.75) is 51.5 Å². The Kier molecular flexibility index (Phi) is 7.47. The van der Waals surface area contributed by atoms with Gasteiger partial charge in [-0.3, -0.25) is 9.59 Å². The molecule has 32 heavy (non-hydrogen) atoms. The SMILES string of the molecule is CCN1Cc2cc(CNC(=O)NCC(=O)N3CCCC3C(F)(F)F)ccc2NCCC1=O. The fraction of sp³-hybridized carbons (Fsp3) is 0.571. The molecular formula is C21H28F3N5O3. The van der Waals surface area contributed by atoms with Gasteiger partial charge in [0.1, 0.15) is 6.04 Å². The molecule has 3 N–H and O–H groups in total. The number of urea groups is 1. The molecule has 1 aromatic carbocycles. The summed E-state index contributed by atoms with van der Waals surface area (Å²) in [4.78, 5) is 38.9. The van der Waals surface area contributed by atoms with Crippen LogP contribution in [0, 0.1) is 0 Å². The quantitative estimate of drug-likeness (QED) is 0.635. The number of nitrogens with zero attached hydrogens (tertiary/aromatic N) is 2. The molecule has 1 saturated heterocycles. The minimum atomic E-state index is -4.47. The molecule has 2 heterocycles. The van der Waals surface area contributed by atoms with Crippen LogP contribution >= 0.6 is 0 Å². The third-order valence-electron chi connectivity index (χ3n) is 5.72. The van der Waals surface area contributed by atoms with Gasteiger partial charge < -0.3 is 25.8 Å². The van der Waals surface area contributed by atoms with E-state index in [-0.39, 0.29) is 31.8 Å². The minimum absolute atomic E-state index is 0.0345. The maximum Gasteiger partial charge on any atom is 0.408 e. The number of rotatable bonds is 5. The second-order valence-corrected chi connectivity index (χ2v) is 7.90. The van der Waals surface area contributed by atoms with E-state index in [4.69, 9.17) is 0 Å². The van der Waals surface area contributed by atoms with Crippen LogP contribution in [0.1, 0.15) is 37.3 Å². The number of nitrogens with one attached hydrogen (secondary N) is 3. The van der Waals surface area contributed by atoms with Gasteiger partial charge in [0, 0.05) is 44.8 Å². The highest BCUT2D eigenvalue weighted by atomic mass is 19.4. The highest BCUT2D eigenvalue weighted by molar-refractivity contribution is 5.84. The van der Waals surface area contributed by atoms with E-state index in [1.54, 1.807) is 4.90 Å². The Balaban J connectivity index is 1.52. The Morgan fingerprint density at radius 1 is 1.25 bits per heavy atom. The van der Waals surface area contributed by atoms with Crippen LogP contribution in [-0.4, -0.2) is 66.0 Å². The number of likely N-dealkylation sites (tertiary alicyclic amines) is 1. The Morgan fingerprint density at radius 3 is 2.75 bits per heavy atom. The number of carbonyl (C=O) groups is 3. The van der Waals surface area contributed by atoms with E-state index < -0.39 is 30.7 Å². The number of benzene rings is 1. The number of hydrogen-bond donors (Lipinski definition) is 3. The minimum Gasteiger partial charge on any atom is -0.384 e. The summed E-state index contributed by atoms with van der Waals surface area (Å²) in [7, 11) is 0. The van der Waals surface area contributed by atoms with Gasteiger partial charge in [0.15, 0.2) is 0 Å². The van der Waals surface area contributed by atoms with E-state index in [1.807, 2.05) is 25.1 Å². The highest BCUT2D eigenvalue weighted by Gasteiger charge is 2.47. The summed E-state index contributed by atoms with van der Waals surface area (Å²) >= 11 is 0. The lowest BCUT2D eigenvalue weighted by Crippen LogP contribution is -2.49. The van der Waals surface area contributed by atoms with Gasteiger partial charge >= 0.3 is 12.2 Å². The van der Waals surface area contributed by atoms with Crippen LogP contribution in [0.3, 0.4) is 0 Å². The van der Waals surface area contributed by atoms with Crippen LogP contribution < -0.4 is 16.0 Å². The molecule has 0 saturated carbocycles. The summed E-state index contributed by atoms with van der Waals surface area (Å²) in [6.45, 7) is 3.23. The van der Waals surface area contributed by atoms with Crippen LogP contribution in [0.2, 0.25) is 0 Å². The molecule has 0 bridgehead atoms. The summed E-state index contributed by atoms with van der Waals surface area (Å²) in [5, 5.41) is 8.18. The summed E-state index contributed by atoms with van der Waals surface area (Å²) < 4.78 is 39.0. The van der Waals surface area contributed by atoms with Crippen LogP contribution in [-0.2, 0) is 22.7 Å². The van der Waals surface area contributed by atoms with E-state index in [2.05, 4.69) is 16.0 Å². The predicted octanol–water partition coefficient (Wildman–Crippen LogP) is 2.20. The van der Waals surface area contributed by atoms with E-state index in [9.17, 15) is 27.6 Å². The van der Waals surface area contributed by atoms with Crippen molar-refractivity contribution in [3.63, 3.8) is 0 Å². The van der Waals surface area contributed by atoms with Crippen molar-refractivity contribution in [2.75, 3.05) is 31.5 Å². The van der Waals surface area contributed by atoms with Crippen molar-refractivity contribution >= 4 is 23.5 Å². The van der Waals surface area contributed by atoms with Gasteiger partial charge in [-0.1, -0.05) is 12.1 Å². The molecule has 176 valence electrons. The molecule has 0 radical (unpaired) electrons. The van der Waals surface area contributed by atoms with Gasteiger partial charge in [0.2, 0.25) is 11.8 Å². The van der Waals surface area contributed by atoms with Gasteiger partial charge in [-0.2, -0.15) is 13.2 Å². The van der Waals surface area contributed by atoms with Crippen LogP contribution in [0.15, 0.2) is 18.2 Å². The summed E-state index contributed by atoms with van der Waals surface area (Å²) in [5.41, 5.74) is 2.66. The van der Waals surface area contributed by atoms with Gasteiger partial charge in [-0.05, 0) is 37.0 Å². The van der Waals surface area contributed by atoms with Crippen LogP contribution in [0.5, 0.6) is 0 Å². The lowest BCUT2D eigenvalue weighted by atomic mass is 10.1. The summed E-state index contributed by atoms with van der Waals surface area (Å²) in [6.07, 6.45) is -3.87. The van der Waals surface area contributed by atoms with Crippen molar-refractivity contribution in [3.8, 4) is 0 Å². The predicted molar refractivity (Wildman–Crippen MR) is 112 cm³/mol. The smallest absolute Gasteiger partial charge is 0.384 e. The second kappa shape index (κ2) is 10.1. The molecule has 0 spiro atoms. The molecule has 1 atom stereocenters. The lowest BCUT2D eigenvalue weighted by molar-refractivity contribution is -0.182. The van der Waals surface area contributed by atoms with E-state index in [1.165, 1.54) is 0 Å². The van der Waals surface area contributed by atoms with E-state index in [0.717, 1.165) is 21.7 Å². The van der Waals surface area contributed by atoms with Crippen molar-refractivity contribution in [1.82, 2.24) is 20.4 Å². The van der Waals surface area contributed by atoms with E-state index in [0.29, 0.717) is 26.1 Å². The van der Waals surface area contributed by atoms with Crippen LogP contribution in [0.4, 0.5) is 23.7 Å². The Hall–Kier alpha value is -2.98. The number of anilines is 1. The number of alkyl halides is 3. The average molecular weight is 455 g/mol. The summed E-state index contributed by atoms with van der Waals surface area (Å²) in [5.74, 6) is -0.680. The van der Waals surface area contributed by atoms with Crippen molar-refractivity contribution in [3.05, 3.63) is 29.3 Å². The summed E-state index contributed by atoms with van der Waals surface area (Å²) in [6, 6.07) is 3.20. The molecule has 4 amide bonds. The average Bonchev–Trinajstić information content (AvgIpc) is 3.24. The first kappa shape index (κ1) is 23.7. The molecule has 11 heteroatoms. The van der Waals surface area contributed by atoms with E-state index >= 15 is 0 Å². The molecule has 2 aliphatic rings. The zero-order chi connectivity index (χ0) is 23.3. The monoisotopic (exact) mass is 455 g/mol. The van der Waals surface area contributed by atoms with Crippen molar-refractivity contribution in [1.29, 1.82) is 0 Å². The maximum atomic E-state index is 13.0. The fourth-order valence-corrected chi connectivity index (χ4v) is 4.01. The molecular weight excluding hydrogens is 427 g/mol. The standard InChI is InChI=1S/C21H28F3N5O3/c1-2-28-13-15-10-14(5-6-16(15)25-8-7-18(28)30)11-26-20(32)27-12-19(31)29-9-3-4-17(29)21(22,23)24/h5-6,10,17,25H,2-4,7-9,11-13H2,1H3,(H2,26,27,32). The fourth-order valence-electron chi connectivity index (χ4n) is 4.01. The number of halogens is 3. The van der Waals surface area contributed by atoms with Crippen molar-refractivity contribution < 1.29 is 27.6 Å².